The van der Waals surface area contributed by atoms with Crippen molar-refractivity contribution in [2.24, 2.45) is 0 Å². The fraction of sp³-hybridized carbons (Fsp3) is 0.423. The molecule has 184 valence electrons. The minimum absolute atomic E-state index is 0.00998. The number of halogens is 1. The van der Waals surface area contributed by atoms with E-state index in [-0.39, 0.29) is 11.7 Å². The molecule has 1 amide bonds. The molecule has 2 aliphatic rings. The molecule has 0 spiro atoms. The van der Waals surface area contributed by atoms with E-state index in [4.69, 9.17) is 17.3 Å². The molecule has 0 atom stereocenters. The maximum Gasteiger partial charge on any atom is 0.238 e. The van der Waals surface area contributed by atoms with Gasteiger partial charge in [-0.2, -0.15) is 5.10 Å². The van der Waals surface area contributed by atoms with Crippen molar-refractivity contribution in [1.29, 1.82) is 0 Å². The summed E-state index contributed by atoms with van der Waals surface area (Å²) in [7, 11) is 0. The van der Waals surface area contributed by atoms with Crippen molar-refractivity contribution in [3.63, 3.8) is 0 Å². The van der Waals surface area contributed by atoms with Crippen molar-refractivity contribution in [3.05, 3.63) is 64.2 Å². The predicted molar refractivity (Wildman–Crippen MR) is 137 cm³/mol. The van der Waals surface area contributed by atoms with Crippen LogP contribution in [-0.4, -0.2) is 62.8 Å². The first-order valence-electron chi connectivity index (χ1n) is 12.2. The first kappa shape index (κ1) is 23.8. The lowest BCUT2D eigenvalue weighted by molar-refractivity contribution is -0.117. The molecule has 7 nitrogen and oxygen atoms in total. The number of aromatic nitrogens is 3. The highest BCUT2D eigenvalue weighted by Crippen LogP contribution is 2.39. The minimum atomic E-state index is -0.283. The lowest BCUT2D eigenvalue weighted by atomic mass is 10.1. The summed E-state index contributed by atoms with van der Waals surface area (Å²) in [5.74, 6) is 0.336. The standard InChI is InChI=1S/C26H31FN6OS/c1-18-6-5-7-19(2)24(18)28-23(34)16-30-12-14-31(15-13-30)17-32-26(35)33(20-10-11-20)25(29-32)21-8-3-4-9-22(21)27/h3-9,20H,10-17H2,1-2H3,(H,28,34). The van der Waals surface area contributed by atoms with E-state index in [0.29, 0.717) is 35.4 Å². The van der Waals surface area contributed by atoms with Gasteiger partial charge in [0.2, 0.25) is 5.91 Å². The van der Waals surface area contributed by atoms with Gasteiger partial charge in [0.05, 0.1) is 18.8 Å². The Labute approximate surface area is 210 Å². The van der Waals surface area contributed by atoms with Gasteiger partial charge in [-0.1, -0.05) is 30.3 Å². The number of amides is 1. The summed E-state index contributed by atoms with van der Waals surface area (Å²) in [5.41, 5.74) is 3.53. The Balaban J connectivity index is 1.21. The molecule has 0 bridgehead atoms. The third-order valence-electron chi connectivity index (χ3n) is 6.81. The molecular weight excluding hydrogens is 463 g/mol. The molecule has 2 aromatic carbocycles. The van der Waals surface area contributed by atoms with Crippen LogP contribution in [-0.2, 0) is 11.5 Å². The van der Waals surface area contributed by atoms with Crippen LogP contribution >= 0.6 is 12.2 Å². The zero-order valence-corrected chi connectivity index (χ0v) is 21.0. The Morgan fingerprint density at radius 3 is 2.34 bits per heavy atom. The smallest absolute Gasteiger partial charge is 0.238 e. The van der Waals surface area contributed by atoms with Crippen molar-refractivity contribution >= 4 is 23.8 Å². The maximum absolute atomic E-state index is 14.5. The average Bonchev–Trinajstić information content (AvgIpc) is 3.62. The van der Waals surface area contributed by atoms with Gasteiger partial charge in [0.1, 0.15) is 5.82 Å². The number of benzene rings is 2. The second-order valence-corrected chi connectivity index (χ2v) is 9.90. The summed E-state index contributed by atoms with van der Waals surface area (Å²) in [5, 5.41) is 7.82. The number of hydrogen-bond acceptors (Lipinski definition) is 5. The summed E-state index contributed by atoms with van der Waals surface area (Å²) in [6.45, 7) is 8.14. The first-order chi connectivity index (χ1) is 16.9. The molecule has 3 aromatic rings. The van der Waals surface area contributed by atoms with Gasteiger partial charge in [-0.3, -0.25) is 19.2 Å². The van der Waals surface area contributed by atoms with Gasteiger partial charge in [0, 0.05) is 37.9 Å². The number of hydrogen-bond donors (Lipinski definition) is 1. The molecular formula is C26H31FN6OS. The Morgan fingerprint density at radius 1 is 1.03 bits per heavy atom. The van der Waals surface area contributed by atoms with Crippen LogP contribution in [0.3, 0.4) is 0 Å². The van der Waals surface area contributed by atoms with E-state index in [2.05, 4.69) is 15.1 Å². The number of nitrogens with zero attached hydrogens (tertiary/aromatic N) is 5. The quantitative estimate of drug-likeness (QED) is 0.494. The van der Waals surface area contributed by atoms with Gasteiger partial charge < -0.3 is 5.32 Å². The number of nitrogens with one attached hydrogen (secondary N) is 1. The van der Waals surface area contributed by atoms with Crippen molar-refractivity contribution in [3.8, 4) is 11.4 Å². The number of carbonyl (C=O) groups excluding carboxylic acids is 1. The Hall–Kier alpha value is -2.88. The molecule has 5 rings (SSSR count). The maximum atomic E-state index is 14.5. The Bertz CT molecular complexity index is 1270. The van der Waals surface area contributed by atoms with Crippen LogP contribution < -0.4 is 5.32 Å². The Morgan fingerprint density at radius 2 is 1.69 bits per heavy atom. The third-order valence-corrected chi connectivity index (χ3v) is 7.22. The molecule has 1 N–H and O–H groups in total. The second kappa shape index (κ2) is 10.0. The molecule has 35 heavy (non-hydrogen) atoms. The molecule has 9 heteroatoms. The highest BCUT2D eigenvalue weighted by Gasteiger charge is 2.30. The molecule has 2 heterocycles. The SMILES string of the molecule is Cc1cccc(C)c1NC(=O)CN1CCN(Cn2nc(-c3ccccc3F)n(C3CC3)c2=S)CC1. The molecule has 1 saturated carbocycles. The largest absolute Gasteiger partial charge is 0.324 e. The molecule has 0 unspecified atom stereocenters. The minimum Gasteiger partial charge on any atom is -0.324 e. The number of rotatable bonds is 7. The molecule has 1 saturated heterocycles. The van der Waals surface area contributed by atoms with Crippen LogP contribution in [0.1, 0.15) is 30.0 Å². The molecule has 1 aromatic heterocycles. The van der Waals surface area contributed by atoms with E-state index < -0.39 is 0 Å². The van der Waals surface area contributed by atoms with Crippen LogP contribution in [0.25, 0.3) is 11.4 Å². The summed E-state index contributed by atoms with van der Waals surface area (Å²) in [4.78, 5) is 17.1. The zero-order chi connectivity index (χ0) is 24.5. The predicted octanol–water partition coefficient (Wildman–Crippen LogP) is 4.39. The highest BCUT2D eigenvalue weighted by atomic mass is 32.1. The van der Waals surface area contributed by atoms with Gasteiger partial charge in [0.25, 0.3) is 0 Å². The van der Waals surface area contributed by atoms with Crippen LogP contribution in [0, 0.1) is 24.4 Å². The fourth-order valence-electron chi connectivity index (χ4n) is 4.67. The fourth-order valence-corrected chi connectivity index (χ4v) is 5.01. The van der Waals surface area contributed by atoms with Gasteiger partial charge >= 0.3 is 0 Å². The molecule has 1 aliphatic heterocycles. The van der Waals surface area contributed by atoms with Crippen LogP contribution in [0.2, 0.25) is 0 Å². The number of aryl methyl sites for hydroxylation is 2. The van der Waals surface area contributed by atoms with E-state index in [1.54, 1.807) is 12.1 Å². The molecule has 0 radical (unpaired) electrons. The van der Waals surface area contributed by atoms with E-state index in [0.717, 1.165) is 55.8 Å². The van der Waals surface area contributed by atoms with E-state index >= 15 is 0 Å². The van der Waals surface area contributed by atoms with Gasteiger partial charge in [-0.25, -0.2) is 9.07 Å². The highest BCUT2D eigenvalue weighted by molar-refractivity contribution is 7.71. The van der Waals surface area contributed by atoms with Crippen LogP contribution in [0.15, 0.2) is 42.5 Å². The van der Waals surface area contributed by atoms with Gasteiger partial charge in [-0.05, 0) is 62.2 Å². The average molecular weight is 495 g/mol. The number of piperazine rings is 1. The van der Waals surface area contributed by atoms with Crippen LogP contribution in [0.5, 0.6) is 0 Å². The molecule has 1 aliphatic carbocycles. The lowest BCUT2D eigenvalue weighted by Gasteiger charge is -2.34. The lowest BCUT2D eigenvalue weighted by Crippen LogP contribution is -2.49. The van der Waals surface area contributed by atoms with Crippen molar-refractivity contribution in [1.82, 2.24) is 24.1 Å². The van der Waals surface area contributed by atoms with Gasteiger partial charge in [-0.15, -0.1) is 0 Å². The van der Waals surface area contributed by atoms with Gasteiger partial charge in [0.15, 0.2) is 10.6 Å². The Kier molecular flexibility index (Phi) is 6.82. The zero-order valence-electron chi connectivity index (χ0n) is 20.2. The van der Waals surface area contributed by atoms with Crippen molar-refractivity contribution in [2.45, 2.75) is 39.4 Å². The molecule has 2 fully saturated rings. The number of anilines is 1. The van der Waals surface area contributed by atoms with E-state index in [1.165, 1.54) is 6.07 Å². The number of para-hydroxylation sites is 1. The third kappa shape index (κ3) is 5.22. The summed E-state index contributed by atoms with van der Waals surface area (Å²) in [6.07, 6.45) is 2.09. The van der Waals surface area contributed by atoms with E-state index in [9.17, 15) is 9.18 Å². The first-order valence-corrected chi connectivity index (χ1v) is 12.6. The normalized spacial score (nSPS) is 17.0. The van der Waals surface area contributed by atoms with E-state index in [1.807, 2.05) is 47.4 Å². The topological polar surface area (TPSA) is 58.3 Å². The van der Waals surface area contributed by atoms with Crippen molar-refractivity contribution < 1.29 is 9.18 Å². The van der Waals surface area contributed by atoms with Crippen LogP contribution in [0.4, 0.5) is 10.1 Å². The number of carbonyl (C=O) groups is 1. The summed E-state index contributed by atoms with van der Waals surface area (Å²) >= 11 is 5.76. The van der Waals surface area contributed by atoms with Crippen molar-refractivity contribution in [2.75, 3.05) is 38.0 Å². The second-order valence-electron chi connectivity index (χ2n) is 9.54. The summed E-state index contributed by atoms with van der Waals surface area (Å²) in [6, 6.07) is 13.1. The summed E-state index contributed by atoms with van der Waals surface area (Å²) < 4.78 is 19.0. The monoisotopic (exact) mass is 494 g/mol.